The van der Waals surface area contributed by atoms with E-state index in [0.717, 1.165) is 4.48 Å². The minimum absolute atomic E-state index is 0.482. The Morgan fingerprint density at radius 1 is 1.50 bits per heavy atom. The van der Waals surface area contributed by atoms with Gasteiger partial charge in [0.2, 0.25) is 0 Å². The molecule has 0 saturated heterocycles. The molecule has 0 bridgehead atoms. The van der Waals surface area contributed by atoms with E-state index >= 15 is 0 Å². The standard InChI is InChI=1S/C4H2AsClN2/c5-3-1-4(6)8-2-7-3/h1-2H. The fraction of sp³-hybridized carbons (Fsp3) is 0. The van der Waals surface area contributed by atoms with Crippen LogP contribution in [-0.2, 0) is 0 Å². The van der Waals surface area contributed by atoms with Gasteiger partial charge in [0.25, 0.3) is 0 Å². The van der Waals surface area contributed by atoms with E-state index in [1.807, 2.05) is 0 Å². The van der Waals surface area contributed by atoms with Gasteiger partial charge in [-0.25, -0.2) is 0 Å². The van der Waals surface area contributed by atoms with Gasteiger partial charge in [-0.1, -0.05) is 0 Å². The summed E-state index contributed by atoms with van der Waals surface area (Å²) >= 11 is 7.77. The molecule has 0 spiro atoms. The Balaban J connectivity index is 3.08. The van der Waals surface area contributed by atoms with Gasteiger partial charge in [-0.15, -0.1) is 0 Å². The second-order valence-corrected chi connectivity index (χ2v) is 2.55. The van der Waals surface area contributed by atoms with E-state index in [9.17, 15) is 0 Å². The summed E-state index contributed by atoms with van der Waals surface area (Å²) in [7, 11) is 0. The Labute approximate surface area is 60.8 Å². The Morgan fingerprint density at radius 2 is 2.25 bits per heavy atom. The Hall–Kier alpha value is -0.0716. The number of aromatic nitrogens is 2. The summed E-state index contributed by atoms with van der Waals surface area (Å²) < 4.78 is 0.831. The molecule has 8 heavy (non-hydrogen) atoms. The van der Waals surface area contributed by atoms with Gasteiger partial charge >= 0.3 is 60.5 Å². The second kappa shape index (κ2) is 2.47. The molecule has 0 aliphatic carbocycles. The van der Waals surface area contributed by atoms with Crippen LogP contribution in [0.1, 0.15) is 0 Å². The van der Waals surface area contributed by atoms with Crippen molar-refractivity contribution in [2.75, 3.05) is 0 Å². The predicted octanol–water partition coefficient (Wildman–Crippen LogP) is -0.0762. The van der Waals surface area contributed by atoms with Gasteiger partial charge in [0.15, 0.2) is 0 Å². The quantitative estimate of drug-likeness (QED) is 0.421. The number of halogens is 1. The van der Waals surface area contributed by atoms with Crippen molar-refractivity contribution < 1.29 is 0 Å². The fourth-order valence-corrected chi connectivity index (χ4v) is 1.00. The van der Waals surface area contributed by atoms with Crippen molar-refractivity contribution in [3.8, 4) is 0 Å². The summed E-state index contributed by atoms with van der Waals surface area (Å²) in [4.78, 5) is 7.50. The van der Waals surface area contributed by atoms with Crippen LogP contribution in [0.4, 0.5) is 0 Å². The van der Waals surface area contributed by atoms with Crippen LogP contribution in [0.2, 0.25) is 5.15 Å². The number of nitrogens with zero attached hydrogens (tertiary/aromatic N) is 2. The van der Waals surface area contributed by atoms with Gasteiger partial charge < -0.3 is 0 Å². The molecule has 2 nitrogen and oxygen atoms in total. The van der Waals surface area contributed by atoms with Crippen molar-refractivity contribution in [3.63, 3.8) is 0 Å². The maximum absolute atomic E-state index is 5.48. The molecule has 4 heteroatoms. The molecule has 0 amide bonds. The third-order valence-electron chi connectivity index (χ3n) is 0.619. The molecule has 0 unspecified atom stereocenters. The molecule has 1 heterocycles. The van der Waals surface area contributed by atoms with Crippen LogP contribution in [0, 0.1) is 0 Å². The average molecular weight is 188 g/mol. The third-order valence-corrected chi connectivity index (χ3v) is 1.34. The van der Waals surface area contributed by atoms with Crippen LogP contribution in [0.3, 0.4) is 0 Å². The van der Waals surface area contributed by atoms with Gasteiger partial charge in [0.1, 0.15) is 0 Å². The van der Waals surface area contributed by atoms with E-state index in [2.05, 4.69) is 26.8 Å². The first-order chi connectivity index (χ1) is 3.79. The topological polar surface area (TPSA) is 25.8 Å². The van der Waals surface area contributed by atoms with Gasteiger partial charge in [-0.3, -0.25) is 0 Å². The van der Waals surface area contributed by atoms with Gasteiger partial charge in [-0.05, 0) is 0 Å². The zero-order valence-corrected chi connectivity index (χ0v) is 6.51. The summed E-state index contributed by atoms with van der Waals surface area (Å²) in [5.74, 6) is 0. The number of rotatable bonds is 0. The maximum atomic E-state index is 5.48. The van der Waals surface area contributed by atoms with Crippen molar-refractivity contribution in [3.05, 3.63) is 17.5 Å². The molecular formula is C4H2AsClN2. The van der Waals surface area contributed by atoms with Crippen LogP contribution >= 0.6 is 11.6 Å². The normalized spacial score (nSPS) is 9.25. The van der Waals surface area contributed by atoms with Crippen LogP contribution < -0.4 is 4.48 Å². The molecule has 0 aromatic carbocycles. The van der Waals surface area contributed by atoms with E-state index in [1.165, 1.54) is 6.33 Å². The SMILES string of the molecule is Clc1cc([As])ncn1. The molecule has 0 fully saturated rings. The van der Waals surface area contributed by atoms with Gasteiger partial charge in [-0.2, -0.15) is 0 Å². The van der Waals surface area contributed by atoms with Crippen LogP contribution in [0.25, 0.3) is 0 Å². The van der Waals surface area contributed by atoms with Crippen LogP contribution in [0.5, 0.6) is 0 Å². The first-order valence-corrected chi connectivity index (χ1v) is 3.27. The Kier molecular flexibility index (Phi) is 1.87. The van der Waals surface area contributed by atoms with E-state index in [-0.39, 0.29) is 0 Å². The Morgan fingerprint density at radius 3 is 2.62 bits per heavy atom. The molecule has 0 saturated carbocycles. The molecular weight excluding hydrogens is 186 g/mol. The molecule has 0 atom stereocenters. The van der Waals surface area contributed by atoms with Crippen LogP contribution in [0.15, 0.2) is 12.4 Å². The van der Waals surface area contributed by atoms with Crippen molar-refractivity contribution in [1.29, 1.82) is 0 Å². The van der Waals surface area contributed by atoms with Gasteiger partial charge in [0.05, 0.1) is 0 Å². The first-order valence-electron chi connectivity index (χ1n) is 1.95. The van der Waals surface area contributed by atoms with E-state index in [0.29, 0.717) is 5.15 Å². The molecule has 1 aromatic heterocycles. The summed E-state index contributed by atoms with van der Waals surface area (Å²) in [6, 6.07) is 1.68. The molecule has 0 aliphatic rings. The number of hydrogen-bond acceptors (Lipinski definition) is 2. The minimum atomic E-state index is 0.482. The third kappa shape index (κ3) is 1.46. The zero-order chi connectivity index (χ0) is 5.98. The van der Waals surface area contributed by atoms with Crippen molar-refractivity contribution in [2.24, 2.45) is 0 Å². The average Bonchev–Trinajstić information content (AvgIpc) is 1.64. The van der Waals surface area contributed by atoms with E-state index < -0.39 is 0 Å². The van der Waals surface area contributed by atoms with E-state index in [4.69, 9.17) is 11.6 Å². The molecule has 1 aromatic rings. The fourth-order valence-electron chi connectivity index (χ4n) is 0.324. The zero-order valence-electron chi connectivity index (χ0n) is 3.87. The summed E-state index contributed by atoms with van der Waals surface area (Å²) in [5, 5.41) is 0.482. The molecule has 40 valence electrons. The monoisotopic (exact) mass is 188 g/mol. The Bertz CT molecular complexity index is 174. The summed E-state index contributed by atoms with van der Waals surface area (Å²) in [6.45, 7) is 0. The number of hydrogen-bond donors (Lipinski definition) is 0. The summed E-state index contributed by atoms with van der Waals surface area (Å²) in [6.07, 6.45) is 1.43. The van der Waals surface area contributed by atoms with Crippen molar-refractivity contribution in [1.82, 2.24) is 9.97 Å². The molecule has 0 aliphatic heterocycles. The molecule has 2 radical (unpaired) electrons. The van der Waals surface area contributed by atoms with Crippen molar-refractivity contribution >= 4 is 32.9 Å². The second-order valence-electron chi connectivity index (χ2n) is 1.20. The predicted molar refractivity (Wildman–Crippen MR) is 32.4 cm³/mol. The van der Waals surface area contributed by atoms with Gasteiger partial charge in [0, 0.05) is 0 Å². The molecule has 0 N–H and O–H groups in total. The van der Waals surface area contributed by atoms with Crippen molar-refractivity contribution in [2.45, 2.75) is 0 Å². The summed E-state index contributed by atoms with van der Waals surface area (Å²) in [5.41, 5.74) is 0. The van der Waals surface area contributed by atoms with Crippen LogP contribution in [-0.4, -0.2) is 26.8 Å². The first kappa shape index (κ1) is 6.05. The van der Waals surface area contributed by atoms with E-state index in [1.54, 1.807) is 6.07 Å². The molecule has 1 rings (SSSR count).